The van der Waals surface area contributed by atoms with E-state index in [9.17, 15) is 0 Å². The second-order valence-corrected chi connectivity index (χ2v) is 9.44. The zero-order valence-electron chi connectivity index (χ0n) is 19.6. The number of rotatable bonds is 3. The molecule has 0 spiro atoms. The van der Waals surface area contributed by atoms with Crippen LogP contribution in [-0.4, -0.2) is 9.55 Å². The Labute approximate surface area is 205 Å². The highest BCUT2D eigenvalue weighted by molar-refractivity contribution is 6.02. The van der Waals surface area contributed by atoms with E-state index >= 15 is 0 Å². The van der Waals surface area contributed by atoms with E-state index in [0.717, 1.165) is 42.8 Å². The van der Waals surface area contributed by atoms with Crippen LogP contribution in [0.5, 0.6) is 0 Å². The fourth-order valence-electron chi connectivity index (χ4n) is 5.64. The van der Waals surface area contributed by atoms with Crippen LogP contribution in [0.25, 0.3) is 51.1 Å². The zero-order chi connectivity index (χ0) is 23.2. The van der Waals surface area contributed by atoms with Crippen LogP contribution in [0.1, 0.15) is 35.4 Å². The number of hydrogen-bond acceptors (Lipinski definition) is 1. The summed E-state index contributed by atoms with van der Waals surface area (Å²) in [5.41, 5.74) is 10.1. The Balaban J connectivity index is 1.39. The monoisotopic (exact) mass is 450 g/mol. The number of aryl methyl sites for hydroxylation is 2. The van der Waals surface area contributed by atoms with Gasteiger partial charge in [-0.1, -0.05) is 91.0 Å². The molecule has 5 aromatic rings. The SMILES string of the molecule is C1=Cc2c(cc3ccccc3c2-c2ccc(-c3nc4c(n3-c3ccccc3)C=CCC4)cc2)CC1. The number of para-hydroxylation sites is 1. The van der Waals surface area contributed by atoms with E-state index in [1.807, 2.05) is 0 Å². The van der Waals surface area contributed by atoms with Crippen LogP contribution in [0.4, 0.5) is 0 Å². The minimum Gasteiger partial charge on any atom is -0.293 e. The van der Waals surface area contributed by atoms with Gasteiger partial charge in [-0.2, -0.15) is 0 Å². The number of imidazole rings is 1. The molecule has 0 N–H and O–H groups in total. The lowest BCUT2D eigenvalue weighted by atomic mass is 9.85. The molecule has 2 heteroatoms. The van der Waals surface area contributed by atoms with Crippen LogP contribution in [0.3, 0.4) is 0 Å². The van der Waals surface area contributed by atoms with Crippen molar-refractivity contribution in [2.45, 2.75) is 25.7 Å². The fraction of sp³-hybridized carbons (Fsp3) is 0.121. The van der Waals surface area contributed by atoms with Gasteiger partial charge >= 0.3 is 0 Å². The molecular formula is C33H26N2. The first-order chi connectivity index (χ1) is 17.4. The average Bonchev–Trinajstić information content (AvgIpc) is 3.32. The Bertz CT molecular complexity index is 1620. The number of allylic oxidation sites excluding steroid dienone is 2. The molecule has 0 atom stereocenters. The molecule has 0 amide bonds. The highest BCUT2D eigenvalue weighted by Gasteiger charge is 2.20. The second kappa shape index (κ2) is 8.25. The van der Waals surface area contributed by atoms with E-state index in [1.54, 1.807) is 0 Å². The number of nitrogens with zero attached hydrogens (tertiary/aromatic N) is 2. The number of benzene rings is 4. The molecule has 7 rings (SSSR count). The van der Waals surface area contributed by atoms with Gasteiger partial charge in [0.15, 0.2) is 0 Å². The van der Waals surface area contributed by atoms with Gasteiger partial charge in [-0.3, -0.25) is 4.57 Å². The van der Waals surface area contributed by atoms with Crippen molar-refractivity contribution < 1.29 is 0 Å². The minimum atomic E-state index is 0.991. The molecule has 0 aliphatic heterocycles. The van der Waals surface area contributed by atoms with Crippen molar-refractivity contribution in [2.24, 2.45) is 0 Å². The molecule has 0 unspecified atom stereocenters. The first-order valence-electron chi connectivity index (χ1n) is 12.5. The molecule has 0 fully saturated rings. The first kappa shape index (κ1) is 20.2. The molecule has 168 valence electrons. The lowest BCUT2D eigenvalue weighted by Gasteiger charge is -2.19. The van der Waals surface area contributed by atoms with Gasteiger partial charge in [0, 0.05) is 11.3 Å². The summed E-state index contributed by atoms with van der Waals surface area (Å²) in [6.07, 6.45) is 13.4. The maximum absolute atomic E-state index is 5.12. The van der Waals surface area contributed by atoms with Gasteiger partial charge in [0.2, 0.25) is 0 Å². The third-order valence-electron chi connectivity index (χ3n) is 7.30. The van der Waals surface area contributed by atoms with Crippen LogP contribution in [0.15, 0.2) is 97.1 Å². The largest absolute Gasteiger partial charge is 0.293 e. The summed E-state index contributed by atoms with van der Waals surface area (Å²) in [6.45, 7) is 0. The quantitative estimate of drug-likeness (QED) is 0.270. The average molecular weight is 451 g/mol. The number of aromatic nitrogens is 2. The van der Waals surface area contributed by atoms with Crippen LogP contribution < -0.4 is 0 Å². The second-order valence-electron chi connectivity index (χ2n) is 9.44. The van der Waals surface area contributed by atoms with Crippen molar-refractivity contribution in [1.29, 1.82) is 0 Å². The Morgan fingerprint density at radius 2 is 1.43 bits per heavy atom. The highest BCUT2D eigenvalue weighted by Crippen LogP contribution is 2.39. The molecular weight excluding hydrogens is 424 g/mol. The predicted molar refractivity (Wildman–Crippen MR) is 147 cm³/mol. The van der Waals surface area contributed by atoms with Crippen molar-refractivity contribution >= 4 is 22.9 Å². The Morgan fingerprint density at radius 3 is 2.31 bits per heavy atom. The summed E-state index contributed by atoms with van der Waals surface area (Å²) < 4.78 is 2.31. The molecule has 35 heavy (non-hydrogen) atoms. The Kier molecular flexibility index (Phi) is 4.77. The number of hydrogen-bond donors (Lipinski definition) is 0. The van der Waals surface area contributed by atoms with Crippen LogP contribution in [0, 0.1) is 0 Å². The number of fused-ring (bicyclic) bond motifs is 3. The first-order valence-corrected chi connectivity index (χ1v) is 12.5. The minimum absolute atomic E-state index is 0.991. The van der Waals surface area contributed by atoms with Crippen molar-refractivity contribution in [3.8, 4) is 28.2 Å². The van der Waals surface area contributed by atoms with Gasteiger partial charge in [0.25, 0.3) is 0 Å². The standard InChI is InChI=1S/C33H26N2/c1-2-12-27(13-3-1)35-31-17-9-8-16-30(31)34-33(35)24-20-18-23(19-21-24)32-28-14-6-4-10-25(28)22-26-11-5-7-15-29(26)32/h1-4,6-7,9-10,12-15,17-22H,5,8,11,16H2. The third-order valence-corrected chi connectivity index (χ3v) is 7.30. The van der Waals surface area contributed by atoms with Gasteiger partial charge in [-0.25, -0.2) is 4.98 Å². The predicted octanol–water partition coefficient (Wildman–Crippen LogP) is 8.28. The molecule has 0 radical (unpaired) electrons. The van der Waals surface area contributed by atoms with Crippen molar-refractivity contribution in [3.63, 3.8) is 0 Å². The molecule has 2 aliphatic carbocycles. The molecule has 2 nitrogen and oxygen atoms in total. The van der Waals surface area contributed by atoms with E-state index in [0.29, 0.717) is 0 Å². The summed E-state index contributed by atoms with van der Waals surface area (Å²) in [7, 11) is 0. The van der Waals surface area contributed by atoms with Crippen LogP contribution >= 0.6 is 0 Å². The van der Waals surface area contributed by atoms with E-state index < -0.39 is 0 Å². The van der Waals surface area contributed by atoms with E-state index in [4.69, 9.17) is 4.98 Å². The lowest BCUT2D eigenvalue weighted by Crippen LogP contribution is -2.01. The zero-order valence-corrected chi connectivity index (χ0v) is 19.6. The Morgan fingerprint density at radius 1 is 0.686 bits per heavy atom. The van der Waals surface area contributed by atoms with E-state index in [2.05, 4.69) is 114 Å². The fourth-order valence-corrected chi connectivity index (χ4v) is 5.64. The summed E-state index contributed by atoms with van der Waals surface area (Å²) in [6, 6.07) is 30.8. The maximum atomic E-state index is 5.12. The molecule has 0 saturated heterocycles. The van der Waals surface area contributed by atoms with Gasteiger partial charge in [0.05, 0.1) is 11.4 Å². The van der Waals surface area contributed by atoms with Crippen molar-refractivity contribution in [3.05, 3.63) is 120 Å². The molecule has 1 heterocycles. The summed E-state index contributed by atoms with van der Waals surface area (Å²) >= 11 is 0. The summed E-state index contributed by atoms with van der Waals surface area (Å²) in [5.74, 6) is 1.01. The van der Waals surface area contributed by atoms with Crippen molar-refractivity contribution in [1.82, 2.24) is 9.55 Å². The Hall–Kier alpha value is -4.17. The van der Waals surface area contributed by atoms with Gasteiger partial charge in [-0.05, 0) is 76.9 Å². The summed E-state index contributed by atoms with van der Waals surface area (Å²) in [4.78, 5) is 5.12. The molecule has 1 aromatic heterocycles. The smallest absolute Gasteiger partial charge is 0.145 e. The molecule has 4 aromatic carbocycles. The molecule has 2 aliphatic rings. The van der Waals surface area contributed by atoms with Crippen LogP contribution in [0.2, 0.25) is 0 Å². The van der Waals surface area contributed by atoms with Gasteiger partial charge in [-0.15, -0.1) is 0 Å². The lowest BCUT2D eigenvalue weighted by molar-refractivity contribution is 0.936. The molecule has 0 bridgehead atoms. The maximum Gasteiger partial charge on any atom is 0.145 e. The van der Waals surface area contributed by atoms with Crippen LogP contribution in [-0.2, 0) is 12.8 Å². The van der Waals surface area contributed by atoms with E-state index in [1.165, 1.54) is 44.4 Å². The van der Waals surface area contributed by atoms with Gasteiger partial charge < -0.3 is 0 Å². The molecule has 0 saturated carbocycles. The van der Waals surface area contributed by atoms with Crippen molar-refractivity contribution in [2.75, 3.05) is 0 Å². The third kappa shape index (κ3) is 3.37. The summed E-state index contributed by atoms with van der Waals surface area (Å²) in [5, 5.41) is 2.64. The topological polar surface area (TPSA) is 17.8 Å². The normalized spacial score (nSPS) is 14.2. The van der Waals surface area contributed by atoms with E-state index in [-0.39, 0.29) is 0 Å². The highest BCUT2D eigenvalue weighted by atomic mass is 15.1. The van der Waals surface area contributed by atoms with Gasteiger partial charge in [0.1, 0.15) is 5.82 Å².